The fraction of sp³-hybridized carbons (Fsp3) is 0.154. The van der Waals surface area contributed by atoms with Crippen LogP contribution in [0.2, 0.25) is 0 Å². The maximum Gasteiger partial charge on any atom is 0.251 e. The molecule has 0 fully saturated rings. The van der Waals surface area contributed by atoms with Gasteiger partial charge in [0.15, 0.2) is 11.0 Å². The zero-order valence-corrected chi connectivity index (χ0v) is 20.0. The third kappa shape index (κ3) is 6.07. The van der Waals surface area contributed by atoms with Gasteiger partial charge >= 0.3 is 0 Å². The zero-order valence-electron chi connectivity index (χ0n) is 19.2. The monoisotopic (exact) mass is 487 g/mol. The van der Waals surface area contributed by atoms with Crippen LogP contribution in [-0.4, -0.2) is 39.4 Å². The van der Waals surface area contributed by atoms with E-state index in [2.05, 4.69) is 27.4 Å². The van der Waals surface area contributed by atoms with Crippen molar-refractivity contribution in [3.05, 3.63) is 90.8 Å². The molecule has 0 aliphatic carbocycles. The quantitative estimate of drug-likeness (QED) is 0.256. The Morgan fingerprint density at radius 1 is 1.06 bits per heavy atom. The van der Waals surface area contributed by atoms with Crippen LogP contribution in [0.1, 0.15) is 16.2 Å². The summed E-state index contributed by atoms with van der Waals surface area (Å²) in [6.07, 6.45) is 1.72. The van der Waals surface area contributed by atoms with Crippen LogP contribution in [0, 0.1) is 0 Å². The highest BCUT2D eigenvalue weighted by molar-refractivity contribution is 7.99. The van der Waals surface area contributed by atoms with Crippen molar-refractivity contribution in [3.8, 4) is 5.75 Å². The van der Waals surface area contributed by atoms with Gasteiger partial charge in [-0.2, -0.15) is 0 Å². The molecule has 4 aromatic rings. The number of ether oxygens (including phenoxy) is 1. The molecular formula is C26H25N5O3S. The molecule has 0 bridgehead atoms. The number of allylic oxidation sites excluding steroid dienone is 1. The van der Waals surface area contributed by atoms with Gasteiger partial charge in [0.25, 0.3) is 5.91 Å². The molecular weight excluding hydrogens is 462 g/mol. The van der Waals surface area contributed by atoms with E-state index < -0.39 is 0 Å². The highest BCUT2D eigenvalue weighted by Crippen LogP contribution is 2.21. The summed E-state index contributed by atoms with van der Waals surface area (Å²) in [6.45, 7) is 4.43. The number of hydrogen-bond donors (Lipinski definition) is 2. The molecule has 0 atom stereocenters. The second-order valence-electron chi connectivity index (χ2n) is 7.61. The Hall–Kier alpha value is -4.11. The van der Waals surface area contributed by atoms with Crippen molar-refractivity contribution in [2.45, 2.75) is 18.2 Å². The normalized spacial score (nSPS) is 10.7. The largest absolute Gasteiger partial charge is 0.497 e. The van der Waals surface area contributed by atoms with E-state index in [1.54, 1.807) is 37.5 Å². The number of hydrogen-bond acceptors (Lipinski definition) is 6. The van der Waals surface area contributed by atoms with Crippen molar-refractivity contribution < 1.29 is 14.3 Å². The van der Waals surface area contributed by atoms with Crippen LogP contribution >= 0.6 is 11.8 Å². The molecule has 0 aliphatic rings. The second kappa shape index (κ2) is 11.3. The van der Waals surface area contributed by atoms with E-state index in [0.717, 1.165) is 16.5 Å². The fourth-order valence-electron chi connectivity index (χ4n) is 3.47. The fourth-order valence-corrected chi connectivity index (χ4v) is 4.23. The molecule has 2 amide bonds. The number of thioether (sulfide) groups is 1. The Balaban J connectivity index is 1.36. The van der Waals surface area contributed by atoms with Gasteiger partial charge in [-0.3, -0.25) is 9.59 Å². The Morgan fingerprint density at radius 3 is 2.57 bits per heavy atom. The van der Waals surface area contributed by atoms with E-state index in [0.29, 0.717) is 28.8 Å². The van der Waals surface area contributed by atoms with Crippen LogP contribution in [-0.2, 0) is 17.9 Å². The minimum atomic E-state index is -0.232. The van der Waals surface area contributed by atoms with Gasteiger partial charge in [-0.25, -0.2) is 0 Å². The standard InChI is InChI=1S/C26H25N5O3S/c1-3-14-31-23(16-27-25(33)19-9-12-22(34-2)13-10-19)29-30-26(31)35-17-24(32)28-21-11-8-18-6-4-5-7-20(18)15-21/h3-13,15H,1,14,16-17H2,2H3,(H,27,33)(H,28,32). The molecule has 3 aromatic carbocycles. The summed E-state index contributed by atoms with van der Waals surface area (Å²) in [4.78, 5) is 25.0. The van der Waals surface area contributed by atoms with Crippen molar-refractivity contribution >= 4 is 40.0 Å². The first kappa shape index (κ1) is 24.0. The topological polar surface area (TPSA) is 98.1 Å². The summed E-state index contributed by atoms with van der Waals surface area (Å²) in [6, 6.07) is 20.6. The first-order chi connectivity index (χ1) is 17.1. The zero-order chi connectivity index (χ0) is 24.6. The molecule has 178 valence electrons. The molecule has 0 saturated heterocycles. The van der Waals surface area contributed by atoms with Crippen LogP contribution in [0.5, 0.6) is 5.75 Å². The van der Waals surface area contributed by atoms with E-state index in [-0.39, 0.29) is 24.1 Å². The third-order valence-corrected chi connectivity index (χ3v) is 6.20. The van der Waals surface area contributed by atoms with Crippen molar-refractivity contribution in [1.29, 1.82) is 0 Å². The van der Waals surface area contributed by atoms with E-state index >= 15 is 0 Å². The predicted octanol–water partition coefficient (Wildman–Crippen LogP) is 4.29. The van der Waals surface area contributed by atoms with Gasteiger partial charge < -0.3 is 19.9 Å². The Labute approximate surface area is 207 Å². The molecule has 9 heteroatoms. The number of carbonyl (C=O) groups excluding carboxylic acids is 2. The van der Waals surface area contributed by atoms with Gasteiger partial charge in [0, 0.05) is 17.8 Å². The van der Waals surface area contributed by atoms with Crippen LogP contribution in [0.25, 0.3) is 10.8 Å². The lowest BCUT2D eigenvalue weighted by molar-refractivity contribution is -0.113. The molecule has 0 saturated carbocycles. The van der Waals surface area contributed by atoms with Crippen LogP contribution in [0.4, 0.5) is 5.69 Å². The lowest BCUT2D eigenvalue weighted by atomic mass is 10.1. The van der Waals surface area contributed by atoms with Gasteiger partial charge in [-0.1, -0.05) is 48.2 Å². The Bertz CT molecular complexity index is 1350. The summed E-state index contributed by atoms with van der Waals surface area (Å²) in [5, 5.41) is 16.9. The highest BCUT2D eigenvalue weighted by Gasteiger charge is 2.15. The second-order valence-corrected chi connectivity index (χ2v) is 8.55. The van der Waals surface area contributed by atoms with Crippen LogP contribution in [0.3, 0.4) is 0 Å². The van der Waals surface area contributed by atoms with Crippen molar-refractivity contribution in [1.82, 2.24) is 20.1 Å². The summed E-state index contributed by atoms with van der Waals surface area (Å²) in [5.41, 5.74) is 1.25. The number of aromatic nitrogens is 3. The number of amides is 2. The van der Waals surface area contributed by atoms with Crippen molar-refractivity contribution in [2.75, 3.05) is 18.2 Å². The molecule has 2 N–H and O–H groups in total. The summed E-state index contributed by atoms with van der Waals surface area (Å²) in [5.74, 6) is 1.04. The summed E-state index contributed by atoms with van der Waals surface area (Å²) in [7, 11) is 1.57. The highest BCUT2D eigenvalue weighted by atomic mass is 32.2. The number of anilines is 1. The molecule has 1 aromatic heterocycles. The summed E-state index contributed by atoms with van der Waals surface area (Å²) < 4.78 is 6.95. The Kier molecular flexibility index (Phi) is 7.79. The lowest BCUT2D eigenvalue weighted by Crippen LogP contribution is -2.24. The number of carbonyl (C=O) groups is 2. The number of fused-ring (bicyclic) bond motifs is 1. The van der Waals surface area contributed by atoms with E-state index in [1.807, 2.05) is 47.0 Å². The molecule has 4 rings (SSSR count). The molecule has 0 radical (unpaired) electrons. The Morgan fingerprint density at radius 2 is 1.83 bits per heavy atom. The van der Waals surface area contributed by atoms with Crippen molar-refractivity contribution in [3.63, 3.8) is 0 Å². The van der Waals surface area contributed by atoms with E-state index in [1.165, 1.54) is 11.8 Å². The SMILES string of the molecule is C=CCn1c(CNC(=O)c2ccc(OC)cc2)nnc1SCC(=O)Nc1ccc2ccccc2c1. The summed E-state index contributed by atoms with van der Waals surface area (Å²) >= 11 is 1.28. The first-order valence-electron chi connectivity index (χ1n) is 10.9. The van der Waals surface area contributed by atoms with E-state index in [4.69, 9.17) is 4.74 Å². The van der Waals surface area contributed by atoms with Gasteiger partial charge in [0.05, 0.1) is 19.4 Å². The van der Waals surface area contributed by atoms with Crippen LogP contribution in [0.15, 0.2) is 84.5 Å². The number of rotatable bonds is 10. The molecule has 35 heavy (non-hydrogen) atoms. The third-order valence-electron chi connectivity index (χ3n) is 5.23. The van der Waals surface area contributed by atoms with Gasteiger partial charge in [0.2, 0.25) is 5.91 Å². The number of nitrogens with one attached hydrogen (secondary N) is 2. The van der Waals surface area contributed by atoms with Gasteiger partial charge in [-0.15, -0.1) is 16.8 Å². The van der Waals surface area contributed by atoms with Gasteiger partial charge in [0.1, 0.15) is 5.75 Å². The van der Waals surface area contributed by atoms with Crippen molar-refractivity contribution in [2.24, 2.45) is 0 Å². The maximum atomic E-state index is 12.5. The molecule has 0 aliphatic heterocycles. The number of nitrogens with zero attached hydrogens (tertiary/aromatic N) is 3. The molecule has 8 nitrogen and oxygen atoms in total. The average molecular weight is 488 g/mol. The average Bonchev–Trinajstić information content (AvgIpc) is 3.27. The molecule has 1 heterocycles. The smallest absolute Gasteiger partial charge is 0.251 e. The first-order valence-corrected chi connectivity index (χ1v) is 11.9. The van der Waals surface area contributed by atoms with Crippen LogP contribution < -0.4 is 15.4 Å². The molecule has 0 unspecified atom stereocenters. The van der Waals surface area contributed by atoms with E-state index in [9.17, 15) is 9.59 Å². The maximum absolute atomic E-state index is 12.5. The minimum Gasteiger partial charge on any atom is -0.497 e. The minimum absolute atomic E-state index is 0.146. The number of benzene rings is 3. The molecule has 0 spiro atoms. The lowest BCUT2D eigenvalue weighted by Gasteiger charge is -2.10. The number of methoxy groups -OCH3 is 1. The van der Waals surface area contributed by atoms with Gasteiger partial charge in [-0.05, 0) is 47.2 Å². The predicted molar refractivity (Wildman–Crippen MR) is 138 cm³/mol.